The lowest BCUT2D eigenvalue weighted by Gasteiger charge is -2.36. The van der Waals surface area contributed by atoms with E-state index < -0.39 is 30.0 Å². The van der Waals surface area contributed by atoms with Crippen molar-refractivity contribution in [2.75, 3.05) is 22.9 Å². The van der Waals surface area contributed by atoms with Gasteiger partial charge in [0.1, 0.15) is 11.9 Å². The predicted molar refractivity (Wildman–Crippen MR) is 151 cm³/mol. The van der Waals surface area contributed by atoms with Gasteiger partial charge in [-0.1, -0.05) is 30.9 Å². The summed E-state index contributed by atoms with van der Waals surface area (Å²) >= 11 is 0. The molecule has 1 aromatic heterocycles. The van der Waals surface area contributed by atoms with Gasteiger partial charge in [-0.3, -0.25) is 4.90 Å². The van der Waals surface area contributed by atoms with E-state index in [4.69, 9.17) is 9.72 Å². The summed E-state index contributed by atoms with van der Waals surface area (Å²) < 4.78 is 46.4. The molecule has 0 bridgehead atoms. The van der Waals surface area contributed by atoms with Crippen LogP contribution in [0.2, 0.25) is 0 Å². The fraction of sp³-hybridized carbons (Fsp3) is 0.613. The molecule has 5 rings (SSSR count). The number of hydrogen-bond acceptors (Lipinski definition) is 5. The highest BCUT2D eigenvalue weighted by Gasteiger charge is 2.42. The molecular weight excluding hydrogens is 517 g/mol. The number of halogens is 3. The predicted octanol–water partition coefficient (Wildman–Crippen LogP) is 7.64. The number of carbonyl (C=O) groups is 1. The van der Waals surface area contributed by atoms with Crippen LogP contribution in [0, 0.1) is 6.92 Å². The molecule has 3 aliphatic rings. The molecule has 0 radical (unpaired) electrons. The van der Waals surface area contributed by atoms with Crippen molar-refractivity contribution in [1.82, 2.24) is 9.88 Å². The number of nitrogens with zero attached hydrogens (tertiary/aromatic N) is 4. The van der Waals surface area contributed by atoms with Crippen molar-refractivity contribution in [3.05, 3.63) is 52.7 Å². The average molecular weight is 559 g/mol. The van der Waals surface area contributed by atoms with Gasteiger partial charge in [-0.2, -0.15) is 13.2 Å². The van der Waals surface area contributed by atoms with Gasteiger partial charge in [-0.05, 0) is 77.1 Å². The number of amides is 1. The molecule has 1 aromatic carbocycles. The van der Waals surface area contributed by atoms with Crippen molar-refractivity contribution in [3.63, 3.8) is 0 Å². The lowest BCUT2D eigenvalue weighted by Crippen LogP contribution is -2.39. The van der Waals surface area contributed by atoms with Crippen LogP contribution in [0.25, 0.3) is 0 Å². The fourth-order valence-corrected chi connectivity index (χ4v) is 6.80. The third-order valence-corrected chi connectivity index (χ3v) is 8.93. The highest BCUT2D eigenvalue weighted by molar-refractivity contribution is 5.72. The maximum absolute atomic E-state index is 13.5. The number of ether oxygens (including phenoxy) is 1. The zero-order valence-corrected chi connectivity index (χ0v) is 24.0. The van der Waals surface area contributed by atoms with Crippen LogP contribution in [-0.2, 0) is 17.5 Å². The van der Waals surface area contributed by atoms with E-state index in [9.17, 15) is 18.0 Å². The van der Waals surface area contributed by atoms with Crippen LogP contribution >= 0.6 is 0 Å². The van der Waals surface area contributed by atoms with Crippen molar-refractivity contribution >= 4 is 17.6 Å². The van der Waals surface area contributed by atoms with Crippen LogP contribution in [0.1, 0.15) is 94.1 Å². The summed E-state index contributed by atoms with van der Waals surface area (Å²) in [6.07, 6.45) is 4.37. The molecule has 6 nitrogen and oxygen atoms in total. The molecule has 3 fully saturated rings. The number of aromatic nitrogens is 1. The van der Waals surface area contributed by atoms with Gasteiger partial charge in [0.25, 0.3) is 0 Å². The van der Waals surface area contributed by atoms with E-state index in [-0.39, 0.29) is 6.54 Å². The Bertz CT molecular complexity index is 1210. The lowest BCUT2D eigenvalue weighted by molar-refractivity contribution is -0.137. The summed E-state index contributed by atoms with van der Waals surface area (Å²) in [5.74, 6) is 0.892. The van der Waals surface area contributed by atoms with Crippen molar-refractivity contribution in [2.45, 2.75) is 110 Å². The molecule has 2 aromatic rings. The van der Waals surface area contributed by atoms with Crippen molar-refractivity contribution in [3.8, 4) is 0 Å². The van der Waals surface area contributed by atoms with Gasteiger partial charge in [-0.15, -0.1) is 0 Å². The third kappa shape index (κ3) is 5.75. The van der Waals surface area contributed by atoms with Crippen molar-refractivity contribution in [1.29, 1.82) is 0 Å². The minimum absolute atomic E-state index is 0.288. The number of pyridine rings is 1. The number of benzene rings is 1. The number of hydrogen-bond donors (Lipinski definition) is 0. The van der Waals surface area contributed by atoms with E-state index in [0.29, 0.717) is 23.2 Å². The molecule has 3 atom stereocenters. The molecule has 1 aliphatic carbocycles. The van der Waals surface area contributed by atoms with Crippen LogP contribution in [0.3, 0.4) is 0 Å². The second-order valence-electron chi connectivity index (χ2n) is 11.7. The summed E-state index contributed by atoms with van der Waals surface area (Å²) in [4.78, 5) is 24.6. The largest absolute Gasteiger partial charge is 0.439 e. The number of aryl methyl sites for hydroxylation is 1. The first kappa shape index (κ1) is 28.6. The Morgan fingerprint density at radius 2 is 1.80 bits per heavy atom. The summed E-state index contributed by atoms with van der Waals surface area (Å²) in [7, 11) is 0. The summed E-state index contributed by atoms with van der Waals surface area (Å²) in [6.45, 7) is 9.93. The van der Waals surface area contributed by atoms with Crippen LogP contribution in [-0.4, -0.2) is 47.2 Å². The Morgan fingerprint density at radius 3 is 2.45 bits per heavy atom. The number of rotatable bonds is 7. The van der Waals surface area contributed by atoms with Gasteiger partial charge in [0.15, 0.2) is 0 Å². The van der Waals surface area contributed by atoms with Crippen molar-refractivity contribution < 1.29 is 22.7 Å². The van der Waals surface area contributed by atoms with E-state index in [1.807, 2.05) is 13.1 Å². The Morgan fingerprint density at radius 1 is 1.05 bits per heavy atom. The molecule has 2 saturated heterocycles. The summed E-state index contributed by atoms with van der Waals surface area (Å²) in [5, 5.41) is 0. The molecule has 1 saturated carbocycles. The van der Waals surface area contributed by atoms with Gasteiger partial charge in [0, 0.05) is 30.7 Å². The monoisotopic (exact) mass is 558 g/mol. The third-order valence-electron chi connectivity index (χ3n) is 8.93. The first-order chi connectivity index (χ1) is 19.1. The molecule has 218 valence electrons. The number of anilines is 2. The van der Waals surface area contributed by atoms with Crippen LogP contribution in [0.5, 0.6) is 0 Å². The highest BCUT2D eigenvalue weighted by atomic mass is 19.4. The second-order valence-corrected chi connectivity index (χ2v) is 11.7. The molecule has 2 aliphatic heterocycles. The van der Waals surface area contributed by atoms with Gasteiger partial charge in [0.05, 0.1) is 30.0 Å². The van der Waals surface area contributed by atoms with Gasteiger partial charge < -0.3 is 14.5 Å². The average Bonchev–Trinajstić information content (AvgIpc) is 3.47. The first-order valence-corrected chi connectivity index (χ1v) is 14.7. The highest BCUT2D eigenvalue weighted by Crippen LogP contribution is 2.39. The minimum atomic E-state index is -4.47. The lowest BCUT2D eigenvalue weighted by atomic mass is 9.94. The Hall–Kier alpha value is -2.97. The number of carbonyl (C=O) groups excluding carboxylic acids is 1. The van der Waals surface area contributed by atoms with E-state index in [0.717, 1.165) is 68.0 Å². The molecular formula is C31H41F3N4O2. The number of cyclic esters (lactones) is 1. The van der Waals surface area contributed by atoms with Gasteiger partial charge in [0.2, 0.25) is 0 Å². The summed E-state index contributed by atoms with van der Waals surface area (Å²) in [6, 6.07) is 6.46. The van der Waals surface area contributed by atoms with Gasteiger partial charge in [-0.25, -0.2) is 9.78 Å². The molecule has 1 amide bonds. The van der Waals surface area contributed by atoms with Crippen LogP contribution in [0.4, 0.5) is 29.5 Å². The zero-order valence-electron chi connectivity index (χ0n) is 24.0. The Kier molecular flexibility index (Phi) is 8.20. The van der Waals surface area contributed by atoms with Crippen LogP contribution < -0.4 is 9.80 Å². The zero-order chi connectivity index (χ0) is 28.6. The Balaban J connectivity index is 1.47. The maximum atomic E-state index is 13.5. The standard InChI is InChI=1S/C31H41F3N4O2/c1-5-36(26-11-7-6-8-12-26)29-24(17-27(18-35-29)37-13-9-10-21(37)3)19-38-22(4)28(40-30(38)39)23-14-20(2)15-25(16-23)31(32,33)34/h14-18,21-22,26,28H,5-13,19H2,1-4H3/t21?,22-,28-/m0/s1. The van der Waals surface area contributed by atoms with E-state index in [1.54, 1.807) is 17.9 Å². The molecule has 1 unspecified atom stereocenters. The Labute approximate surface area is 235 Å². The van der Waals surface area contributed by atoms with E-state index in [1.165, 1.54) is 19.3 Å². The molecule has 3 heterocycles. The van der Waals surface area contributed by atoms with Crippen LogP contribution in [0.15, 0.2) is 30.5 Å². The molecule has 0 N–H and O–H groups in total. The number of alkyl halides is 3. The normalized spacial score (nSPS) is 24.1. The van der Waals surface area contributed by atoms with E-state index in [2.05, 4.69) is 29.7 Å². The quantitative estimate of drug-likeness (QED) is 0.350. The SMILES string of the molecule is CCN(c1ncc(N2CCCC2C)cc1CN1C(=O)O[C@H](c2cc(C)cc(C(F)(F)F)c2)[C@@H]1C)C1CCCCC1. The maximum Gasteiger partial charge on any atom is 0.416 e. The van der Waals surface area contributed by atoms with Gasteiger partial charge >= 0.3 is 12.3 Å². The molecule has 40 heavy (non-hydrogen) atoms. The second kappa shape index (κ2) is 11.5. The minimum Gasteiger partial charge on any atom is -0.439 e. The first-order valence-electron chi connectivity index (χ1n) is 14.7. The van der Waals surface area contributed by atoms with Crippen molar-refractivity contribution in [2.24, 2.45) is 0 Å². The topological polar surface area (TPSA) is 48.9 Å². The fourth-order valence-electron chi connectivity index (χ4n) is 6.80. The smallest absolute Gasteiger partial charge is 0.416 e. The van der Waals surface area contributed by atoms with E-state index >= 15 is 0 Å². The molecule has 0 spiro atoms. The molecule has 9 heteroatoms. The summed E-state index contributed by atoms with van der Waals surface area (Å²) in [5.41, 5.74) is 2.12.